The Labute approximate surface area is 216 Å². The van der Waals surface area contributed by atoms with Crippen molar-refractivity contribution in [2.24, 2.45) is 0 Å². The lowest BCUT2D eigenvalue weighted by Gasteiger charge is -2.41. The van der Waals surface area contributed by atoms with Crippen molar-refractivity contribution < 1.29 is 14.3 Å². The first-order valence-electron chi connectivity index (χ1n) is 13.5. The average molecular weight is 492 g/mol. The van der Waals surface area contributed by atoms with Crippen molar-refractivity contribution in [3.63, 3.8) is 0 Å². The van der Waals surface area contributed by atoms with Gasteiger partial charge in [-0.05, 0) is 102 Å². The number of piperidine rings is 1. The predicted molar refractivity (Wildman–Crippen MR) is 145 cm³/mol. The first kappa shape index (κ1) is 26.2. The number of rotatable bonds is 9. The lowest BCUT2D eigenvalue weighted by atomic mass is 9.95. The summed E-state index contributed by atoms with van der Waals surface area (Å²) in [6, 6.07) is 15.9. The van der Waals surface area contributed by atoms with Crippen molar-refractivity contribution in [3.05, 3.63) is 59.7 Å². The predicted octanol–water partition coefficient (Wildman–Crippen LogP) is 5.21. The van der Waals surface area contributed by atoms with Crippen LogP contribution in [0, 0.1) is 0 Å². The molecule has 2 aromatic rings. The third-order valence-corrected chi connectivity index (χ3v) is 7.09. The van der Waals surface area contributed by atoms with E-state index in [-0.39, 0.29) is 23.4 Å². The van der Waals surface area contributed by atoms with E-state index in [1.54, 1.807) is 0 Å². The van der Waals surface area contributed by atoms with Crippen LogP contribution >= 0.6 is 0 Å². The summed E-state index contributed by atoms with van der Waals surface area (Å²) in [5, 5.41) is 3.51. The van der Waals surface area contributed by atoms with E-state index in [4.69, 9.17) is 4.74 Å². The van der Waals surface area contributed by atoms with Crippen LogP contribution in [0.2, 0.25) is 0 Å². The minimum atomic E-state index is 0.0525. The Kier molecular flexibility index (Phi) is 8.68. The number of carbonyl (C=O) groups is 2. The summed E-state index contributed by atoms with van der Waals surface area (Å²) in [5.41, 5.74) is 3.16. The highest BCUT2D eigenvalue weighted by atomic mass is 16.5. The highest BCUT2D eigenvalue weighted by Crippen LogP contribution is 2.32. The van der Waals surface area contributed by atoms with Crippen LogP contribution in [0.5, 0.6) is 5.75 Å². The summed E-state index contributed by atoms with van der Waals surface area (Å²) < 4.78 is 5.87. The van der Waals surface area contributed by atoms with E-state index in [1.165, 1.54) is 5.56 Å². The normalized spacial score (nSPS) is 16.7. The molecule has 2 aliphatic heterocycles. The van der Waals surface area contributed by atoms with Gasteiger partial charge in [-0.1, -0.05) is 18.2 Å². The van der Waals surface area contributed by atoms with E-state index in [1.807, 2.05) is 46.2 Å². The molecule has 2 aliphatic rings. The number of unbranched alkanes of at least 4 members (excludes halogenated alkanes) is 2. The van der Waals surface area contributed by atoms with Crippen molar-refractivity contribution >= 4 is 17.5 Å². The Bertz CT molecular complexity index is 1020. The fraction of sp³-hybridized carbons (Fsp3) is 0.533. The molecule has 1 saturated heterocycles. The zero-order chi connectivity index (χ0) is 25.5. The number of nitrogens with zero attached hydrogens (tertiary/aromatic N) is 2. The average Bonchev–Trinajstić information content (AvgIpc) is 2.87. The van der Waals surface area contributed by atoms with Crippen molar-refractivity contribution in [1.29, 1.82) is 0 Å². The molecule has 1 N–H and O–H groups in total. The standard InChI is InChI=1S/C30H41N3O3/c1-30(2,3)31-19-7-4-8-22-36-26-14-11-24(12-15-26)29(35)32-20-17-25(18-21-32)33-27-10-6-5-9-23(27)13-16-28(33)34/h5-6,9-12,14-15,25,31H,4,7-8,13,16-22H2,1-3H3. The molecule has 0 aliphatic carbocycles. The van der Waals surface area contributed by atoms with Gasteiger partial charge >= 0.3 is 0 Å². The molecule has 2 amide bonds. The number of benzene rings is 2. The van der Waals surface area contributed by atoms with Crippen molar-refractivity contribution in [2.75, 3.05) is 31.1 Å². The van der Waals surface area contributed by atoms with Gasteiger partial charge in [0.15, 0.2) is 0 Å². The van der Waals surface area contributed by atoms with Crippen LogP contribution in [0.25, 0.3) is 0 Å². The van der Waals surface area contributed by atoms with Crippen molar-refractivity contribution in [3.8, 4) is 5.75 Å². The summed E-state index contributed by atoms with van der Waals surface area (Å²) in [6.45, 7) is 9.60. The Hall–Kier alpha value is -2.86. The van der Waals surface area contributed by atoms with Crippen LogP contribution in [0.15, 0.2) is 48.5 Å². The molecule has 2 heterocycles. The molecule has 0 unspecified atom stereocenters. The molecule has 0 bridgehead atoms. The monoisotopic (exact) mass is 491 g/mol. The van der Waals surface area contributed by atoms with Crippen LogP contribution in [0.4, 0.5) is 5.69 Å². The van der Waals surface area contributed by atoms with Crippen LogP contribution < -0.4 is 15.0 Å². The van der Waals surface area contributed by atoms with Gasteiger partial charge in [0.25, 0.3) is 5.91 Å². The maximum atomic E-state index is 13.1. The van der Waals surface area contributed by atoms with Crippen molar-refractivity contribution in [2.45, 2.75) is 77.3 Å². The van der Waals surface area contributed by atoms with Gasteiger partial charge in [-0.25, -0.2) is 0 Å². The van der Waals surface area contributed by atoms with Crippen LogP contribution in [-0.4, -0.2) is 54.5 Å². The summed E-state index contributed by atoms with van der Waals surface area (Å²) in [5.74, 6) is 1.06. The quantitative estimate of drug-likeness (QED) is 0.489. The summed E-state index contributed by atoms with van der Waals surface area (Å²) >= 11 is 0. The molecular weight excluding hydrogens is 450 g/mol. The summed E-state index contributed by atoms with van der Waals surface area (Å²) in [4.78, 5) is 29.7. The number of hydrogen-bond acceptors (Lipinski definition) is 4. The Morgan fingerprint density at radius 3 is 2.42 bits per heavy atom. The van der Waals surface area contributed by atoms with E-state index in [9.17, 15) is 9.59 Å². The number of hydrogen-bond donors (Lipinski definition) is 1. The maximum absolute atomic E-state index is 13.1. The highest BCUT2D eigenvalue weighted by Gasteiger charge is 2.33. The lowest BCUT2D eigenvalue weighted by Crippen LogP contribution is -2.50. The number of anilines is 1. The highest BCUT2D eigenvalue weighted by molar-refractivity contribution is 5.97. The molecule has 6 nitrogen and oxygen atoms in total. The van der Waals surface area contributed by atoms with Crippen LogP contribution in [0.1, 0.15) is 75.2 Å². The Morgan fingerprint density at radius 2 is 1.69 bits per heavy atom. The van der Waals surface area contributed by atoms with E-state index >= 15 is 0 Å². The molecule has 0 saturated carbocycles. The minimum absolute atomic E-state index is 0.0525. The van der Waals surface area contributed by atoms with Gasteiger partial charge in [-0.2, -0.15) is 0 Å². The smallest absolute Gasteiger partial charge is 0.253 e. The number of likely N-dealkylation sites (tertiary alicyclic amines) is 1. The van der Waals surface area contributed by atoms with Crippen molar-refractivity contribution in [1.82, 2.24) is 10.2 Å². The summed E-state index contributed by atoms with van der Waals surface area (Å²) in [6.07, 6.45) is 6.28. The zero-order valence-corrected chi connectivity index (χ0v) is 22.1. The molecule has 194 valence electrons. The molecule has 0 atom stereocenters. The molecule has 0 spiro atoms. The number of carbonyl (C=O) groups excluding carboxylic acids is 2. The van der Waals surface area contributed by atoms with E-state index in [0.717, 1.165) is 56.5 Å². The van der Waals surface area contributed by atoms with Crippen LogP contribution in [0.3, 0.4) is 0 Å². The number of ether oxygens (including phenoxy) is 1. The van der Waals surface area contributed by atoms with E-state index in [0.29, 0.717) is 31.7 Å². The lowest BCUT2D eigenvalue weighted by molar-refractivity contribution is -0.119. The van der Waals surface area contributed by atoms with Gasteiger partial charge in [-0.3, -0.25) is 9.59 Å². The van der Waals surface area contributed by atoms with Gasteiger partial charge < -0.3 is 19.9 Å². The largest absolute Gasteiger partial charge is 0.494 e. The van der Waals surface area contributed by atoms with E-state index < -0.39 is 0 Å². The number of fused-ring (bicyclic) bond motifs is 1. The topological polar surface area (TPSA) is 61.9 Å². The molecule has 4 rings (SSSR count). The van der Waals surface area contributed by atoms with Gasteiger partial charge in [0.2, 0.25) is 5.91 Å². The summed E-state index contributed by atoms with van der Waals surface area (Å²) in [7, 11) is 0. The molecular formula is C30H41N3O3. The molecule has 2 aromatic carbocycles. The molecule has 6 heteroatoms. The fourth-order valence-electron chi connectivity index (χ4n) is 5.11. The Morgan fingerprint density at radius 1 is 0.972 bits per heavy atom. The maximum Gasteiger partial charge on any atom is 0.253 e. The molecule has 1 fully saturated rings. The second-order valence-corrected chi connectivity index (χ2v) is 11.0. The van der Waals surface area contributed by atoms with Crippen LogP contribution in [-0.2, 0) is 11.2 Å². The van der Waals surface area contributed by atoms with Gasteiger partial charge in [0, 0.05) is 42.3 Å². The third kappa shape index (κ3) is 6.88. The Balaban J connectivity index is 1.21. The van der Waals surface area contributed by atoms with Gasteiger partial charge in [0.05, 0.1) is 6.61 Å². The first-order valence-corrected chi connectivity index (χ1v) is 13.5. The number of aryl methyl sites for hydroxylation is 1. The first-order chi connectivity index (χ1) is 17.3. The molecule has 36 heavy (non-hydrogen) atoms. The number of para-hydroxylation sites is 1. The fourth-order valence-corrected chi connectivity index (χ4v) is 5.11. The molecule has 0 aromatic heterocycles. The minimum Gasteiger partial charge on any atom is -0.494 e. The SMILES string of the molecule is CC(C)(C)NCCCCCOc1ccc(C(=O)N2CCC(N3C(=O)CCc4ccccc43)CC2)cc1. The second kappa shape index (κ2) is 11.9. The van der Waals surface area contributed by atoms with Gasteiger partial charge in [-0.15, -0.1) is 0 Å². The van der Waals surface area contributed by atoms with Gasteiger partial charge in [0.1, 0.15) is 5.75 Å². The second-order valence-electron chi connectivity index (χ2n) is 11.0. The third-order valence-electron chi connectivity index (χ3n) is 7.09. The van der Waals surface area contributed by atoms with E-state index in [2.05, 4.69) is 38.2 Å². The number of amides is 2. The zero-order valence-electron chi connectivity index (χ0n) is 22.1. The number of nitrogens with one attached hydrogen (secondary N) is 1. The molecule has 0 radical (unpaired) electrons.